The lowest BCUT2D eigenvalue weighted by Gasteiger charge is -2.09. The highest BCUT2D eigenvalue weighted by atomic mass is 32.2. The van der Waals surface area contributed by atoms with Crippen LogP contribution in [0.25, 0.3) is 0 Å². The second-order valence-electron chi connectivity index (χ2n) is 4.52. The first-order valence-corrected chi connectivity index (χ1v) is 7.79. The molecule has 0 bridgehead atoms. The monoisotopic (exact) mass is 328 g/mol. The fourth-order valence-corrected chi connectivity index (χ4v) is 2.62. The molecule has 2 aromatic rings. The standard InChI is InChI=1S/C16H16N4O2S/c1-18-13-6-5-11(7-15(13)23-10-17)8-19-16(22)14-4-2-3-12(9-21)20-14/h2-7,9H,1,8,10,17H2,(H,19,22). The van der Waals surface area contributed by atoms with Crippen molar-refractivity contribution in [2.75, 3.05) is 5.88 Å². The van der Waals surface area contributed by atoms with Crippen molar-refractivity contribution in [3.8, 4) is 0 Å². The highest BCUT2D eigenvalue weighted by molar-refractivity contribution is 7.99. The molecule has 118 valence electrons. The number of benzene rings is 1. The van der Waals surface area contributed by atoms with E-state index in [4.69, 9.17) is 5.73 Å². The van der Waals surface area contributed by atoms with Gasteiger partial charge in [-0.25, -0.2) is 4.98 Å². The number of nitrogens with two attached hydrogens (primary N) is 1. The van der Waals surface area contributed by atoms with E-state index in [0.717, 1.165) is 16.1 Å². The van der Waals surface area contributed by atoms with Gasteiger partial charge in [-0.15, -0.1) is 11.8 Å². The highest BCUT2D eigenvalue weighted by Gasteiger charge is 2.09. The van der Waals surface area contributed by atoms with Gasteiger partial charge >= 0.3 is 0 Å². The van der Waals surface area contributed by atoms with Crippen LogP contribution in [0.15, 0.2) is 46.3 Å². The molecule has 23 heavy (non-hydrogen) atoms. The number of hydrogen-bond donors (Lipinski definition) is 2. The molecule has 0 unspecified atom stereocenters. The van der Waals surface area contributed by atoms with E-state index in [2.05, 4.69) is 22.0 Å². The van der Waals surface area contributed by atoms with Gasteiger partial charge < -0.3 is 11.1 Å². The van der Waals surface area contributed by atoms with Gasteiger partial charge in [0.15, 0.2) is 6.29 Å². The Morgan fingerprint density at radius 1 is 1.39 bits per heavy atom. The third-order valence-electron chi connectivity index (χ3n) is 3.01. The second-order valence-corrected chi connectivity index (χ2v) is 5.58. The van der Waals surface area contributed by atoms with Crippen LogP contribution >= 0.6 is 11.8 Å². The molecule has 0 aliphatic heterocycles. The van der Waals surface area contributed by atoms with Crippen LogP contribution < -0.4 is 11.1 Å². The van der Waals surface area contributed by atoms with Gasteiger partial charge in [0.25, 0.3) is 5.91 Å². The van der Waals surface area contributed by atoms with Crippen LogP contribution in [0.4, 0.5) is 5.69 Å². The lowest BCUT2D eigenvalue weighted by molar-refractivity contribution is 0.0946. The van der Waals surface area contributed by atoms with E-state index in [1.807, 2.05) is 18.2 Å². The minimum atomic E-state index is -0.340. The predicted octanol–water partition coefficient (Wildman–Crippen LogP) is 2.16. The number of thioether (sulfide) groups is 1. The minimum absolute atomic E-state index is 0.204. The Balaban J connectivity index is 2.07. The van der Waals surface area contributed by atoms with Gasteiger partial charge in [0, 0.05) is 17.3 Å². The molecular weight excluding hydrogens is 312 g/mol. The molecule has 0 saturated carbocycles. The lowest BCUT2D eigenvalue weighted by atomic mass is 10.2. The van der Waals surface area contributed by atoms with E-state index in [9.17, 15) is 9.59 Å². The maximum atomic E-state index is 12.1. The molecule has 0 aliphatic carbocycles. The topological polar surface area (TPSA) is 97.4 Å². The Morgan fingerprint density at radius 3 is 2.91 bits per heavy atom. The molecular formula is C16H16N4O2S. The zero-order valence-corrected chi connectivity index (χ0v) is 13.2. The first kappa shape index (κ1) is 16.9. The van der Waals surface area contributed by atoms with Crippen molar-refractivity contribution in [2.45, 2.75) is 11.4 Å². The van der Waals surface area contributed by atoms with Crippen LogP contribution in [0.1, 0.15) is 26.5 Å². The molecule has 7 heteroatoms. The lowest BCUT2D eigenvalue weighted by Crippen LogP contribution is -2.24. The van der Waals surface area contributed by atoms with Crippen LogP contribution in [0, 0.1) is 0 Å². The van der Waals surface area contributed by atoms with E-state index in [0.29, 0.717) is 18.7 Å². The van der Waals surface area contributed by atoms with Gasteiger partial charge in [0.05, 0.1) is 5.69 Å². The summed E-state index contributed by atoms with van der Waals surface area (Å²) in [7, 11) is 0. The van der Waals surface area contributed by atoms with Gasteiger partial charge in [-0.3, -0.25) is 14.6 Å². The molecule has 0 fully saturated rings. The summed E-state index contributed by atoms with van der Waals surface area (Å²) in [5, 5.41) is 2.77. The highest BCUT2D eigenvalue weighted by Crippen LogP contribution is 2.29. The minimum Gasteiger partial charge on any atom is -0.347 e. The summed E-state index contributed by atoms with van der Waals surface area (Å²) in [6.45, 7) is 3.86. The maximum absolute atomic E-state index is 12.1. The number of hydrogen-bond acceptors (Lipinski definition) is 6. The number of carbonyl (C=O) groups is 2. The molecule has 6 nitrogen and oxygen atoms in total. The smallest absolute Gasteiger partial charge is 0.270 e. The molecule has 1 aromatic heterocycles. The fraction of sp³-hybridized carbons (Fsp3) is 0.125. The van der Waals surface area contributed by atoms with Crippen molar-refractivity contribution in [2.24, 2.45) is 10.7 Å². The summed E-state index contributed by atoms with van der Waals surface area (Å²) >= 11 is 1.46. The van der Waals surface area contributed by atoms with Crippen molar-refractivity contribution in [1.82, 2.24) is 10.3 Å². The van der Waals surface area contributed by atoms with Crippen molar-refractivity contribution in [3.05, 3.63) is 53.3 Å². The number of nitrogens with zero attached hydrogens (tertiary/aromatic N) is 2. The number of carbonyl (C=O) groups excluding carboxylic acids is 2. The number of rotatable bonds is 7. The third kappa shape index (κ3) is 4.48. The van der Waals surface area contributed by atoms with E-state index < -0.39 is 0 Å². The van der Waals surface area contributed by atoms with E-state index in [1.54, 1.807) is 18.2 Å². The van der Waals surface area contributed by atoms with E-state index in [1.165, 1.54) is 11.8 Å². The van der Waals surface area contributed by atoms with E-state index in [-0.39, 0.29) is 17.3 Å². The summed E-state index contributed by atoms with van der Waals surface area (Å²) in [6, 6.07) is 10.3. The SMILES string of the molecule is C=Nc1ccc(CNC(=O)c2cccc(C=O)n2)cc1SCN. The Bertz CT molecular complexity index is 734. The largest absolute Gasteiger partial charge is 0.347 e. The van der Waals surface area contributed by atoms with E-state index >= 15 is 0 Å². The number of pyridine rings is 1. The molecule has 1 aromatic carbocycles. The number of nitrogens with one attached hydrogen (secondary N) is 1. The van der Waals surface area contributed by atoms with Gasteiger partial charge in [-0.2, -0.15) is 0 Å². The molecule has 0 radical (unpaired) electrons. The van der Waals surface area contributed by atoms with Crippen LogP contribution in [0.3, 0.4) is 0 Å². The Morgan fingerprint density at radius 2 is 2.22 bits per heavy atom. The zero-order chi connectivity index (χ0) is 16.7. The maximum Gasteiger partial charge on any atom is 0.270 e. The Labute approximate surface area is 138 Å². The van der Waals surface area contributed by atoms with Crippen molar-refractivity contribution >= 4 is 36.4 Å². The molecule has 1 heterocycles. The number of aliphatic imine (C=N–C) groups is 1. The van der Waals surface area contributed by atoms with Gasteiger partial charge in [0.2, 0.25) is 0 Å². The normalized spacial score (nSPS) is 10.1. The fourth-order valence-electron chi connectivity index (χ4n) is 1.92. The summed E-state index contributed by atoms with van der Waals surface area (Å²) in [4.78, 5) is 31.6. The molecule has 1 amide bonds. The molecule has 0 spiro atoms. The van der Waals surface area contributed by atoms with Crippen LogP contribution in [-0.2, 0) is 6.54 Å². The second kappa shape index (κ2) is 8.21. The molecule has 0 aliphatic rings. The third-order valence-corrected chi connectivity index (χ3v) is 3.82. The summed E-state index contributed by atoms with van der Waals surface area (Å²) in [6.07, 6.45) is 0.605. The number of amides is 1. The summed E-state index contributed by atoms with van der Waals surface area (Å²) < 4.78 is 0. The quantitative estimate of drug-likeness (QED) is 0.351. The first-order valence-electron chi connectivity index (χ1n) is 6.81. The van der Waals surface area contributed by atoms with Crippen molar-refractivity contribution < 1.29 is 9.59 Å². The van der Waals surface area contributed by atoms with Crippen molar-refractivity contribution in [3.63, 3.8) is 0 Å². The predicted molar refractivity (Wildman–Crippen MR) is 91.4 cm³/mol. The molecule has 0 saturated heterocycles. The first-order chi connectivity index (χ1) is 11.2. The van der Waals surface area contributed by atoms with Gasteiger partial charge in [-0.05, 0) is 36.5 Å². The average molecular weight is 328 g/mol. The molecule has 2 rings (SSSR count). The summed E-state index contributed by atoms with van der Waals surface area (Å²) in [5.74, 6) is 0.0912. The average Bonchev–Trinajstić information content (AvgIpc) is 2.60. The molecule has 3 N–H and O–H groups in total. The van der Waals surface area contributed by atoms with Crippen molar-refractivity contribution in [1.29, 1.82) is 0 Å². The Hall–Kier alpha value is -2.51. The van der Waals surface area contributed by atoms with Crippen LogP contribution in [0.5, 0.6) is 0 Å². The van der Waals surface area contributed by atoms with Gasteiger partial charge in [0.1, 0.15) is 11.4 Å². The number of aldehydes is 1. The summed E-state index contributed by atoms with van der Waals surface area (Å²) in [5.41, 5.74) is 7.65. The van der Waals surface area contributed by atoms with Gasteiger partial charge in [-0.1, -0.05) is 12.1 Å². The van der Waals surface area contributed by atoms with Crippen LogP contribution in [-0.4, -0.2) is 29.8 Å². The molecule has 0 atom stereocenters. The number of aromatic nitrogens is 1. The zero-order valence-electron chi connectivity index (χ0n) is 12.4. The van der Waals surface area contributed by atoms with Crippen LogP contribution in [0.2, 0.25) is 0 Å². The Kier molecular flexibility index (Phi) is 6.02.